The van der Waals surface area contributed by atoms with Crippen LogP contribution >= 0.6 is 0 Å². The van der Waals surface area contributed by atoms with E-state index >= 15 is 0 Å². The zero-order chi connectivity index (χ0) is 10.9. The first kappa shape index (κ1) is 13.6. The molecule has 0 spiro atoms. The summed E-state index contributed by atoms with van der Waals surface area (Å²) in [5.74, 6) is 0. The Balaban J connectivity index is 0. The highest BCUT2D eigenvalue weighted by molar-refractivity contribution is 5.91. The second-order valence-electron chi connectivity index (χ2n) is 1.61. The van der Waals surface area contributed by atoms with Crippen LogP contribution in [0.1, 0.15) is 6.92 Å². The largest absolute Gasteiger partial charge is 0.450 e. The normalized spacial score (nSPS) is 7.46. The fourth-order valence-corrected chi connectivity index (χ4v) is 0.264. The van der Waals surface area contributed by atoms with E-state index in [-0.39, 0.29) is 0 Å². The van der Waals surface area contributed by atoms with E-state index in [9.17, 15) is 14.4 Å². The molecule has 13 heavy (non-hydrogen) atoms. The molecule has 76 valence electrons. The van der Waals surface area contributed by atoms with Gasteiger partial charge >= 0.3 is 18.2 Å². The van der Waals surface area contributed by atoms with E-state index in [0.717, 1.165) is 0 Å². The number of carbonyl (C=O) groups excluding carboxylic acids is 3. The topological polar surface area (TPSA) is 151 Å². The van der Waals surface area contributed by atoms with Crippen molar-refractivity contribution in [2.75, 3.05) is 6.61 Å². The first-order chi connectivity index (χ1) is 5.90. The van der Waals surface area contributed by atoms with Crippen LogP contribution in [-0.4, -0.2) is 24.8 Å². The van der Waals surface area contributed by atoms with Gasteiger partial charge in [0.2, 0.25) is 0 Å². The number of nitrogens with two attached hydrogens (primary N) is 3. The van der Waals surface area contributed by atoms with E-state index in [4.69, 9.17) is 0 Å². The van der Waals surface area contributed by atoms with Gasteiger partial charge < -0.3 is 21.9 Å². The van der Waals surface area contributed by atoms with Crippen molar-refractivity contribution >= 4 is 18.2 Å². The fraction of sp³-hybridized carbons (Fsp3) is 0.400. The van der Waals surface area contributed by atoms with E-state index in [1.54, 1.807) is 12.2 Å². The smallest absolute Gasteiger partial charge is 0.404 e. The average Bonchev–Trinajstić information content (AvgIpc) is 1.83. The first-order valence-corrected chi connectivity index (χ1v) is 3.18. The lowest BCUT2D eigenvalue weighted by molar-refractivity contribution is 0.163. The van der Waals surface area contributed by atoms with E-state index in [0.29, 0.717) is 6.61 Å². The van der Waals surface area contributed by atoms with E-state index in [1.165, 1.54) is 0 Å². The van der Waals surface area contributed by atoms with Crippen LogP contribution in [0.15, 0.2) is 0 Å². The Bertz CT molecular complexity index is 181. The predicted molar refractivity (Wildman–Crippen MR) is 43.5 cm³/mol. The lowest BCUT2D eigenvalue weighted by atomic mass is 10.9. The molecule has 0 saturated heterocycles. The van der Waals surface area contributed by atoms with Crippen molar-refractivity contribution in [3.63, 3.8) is 0 Å². The van der Waals surface area contributed by atoms with Crippen molar-refractivity contribution in [3.8, 4) is 0 Å². The van der Waals surface area contributed by atoms with Gasteiger partial charge in [0.05, 0.1) is 6.61 Å². The molecule has 0 aliphatic carbocycles. The van der Waals surface area contributed by atoms with Crippen LogP contribution < -0.4 is 22.5 Å². The van der Waals surface area contributed by atoms with E-state index < -0.39 is 18.2 Å². The number of ether oxygens (including phenoxy) is 1. The summed E-state index contributed by atoms with van der Waals surface area (Å²) < 4.78 is 4.18. The summed E-state index contributed by atoms with van der Waals surface area (Å²) in [5.41, 5.74) is 13.4. The minimum absolute atomic E-state index is 0.356. The monoisotopic (exact) mass is 192 g/mol. The van der Waals surface area contributed by atoms with Gasteiger partial charge in [0, 0.05) is 0 Å². The van der Waals surface area contributed by atoms with Crippen LogP contribution in [0.5, 0.6) is 0 Å². The SMILES string of the molecule is CCOC(N)=O.NC(=O)NC(N)=O. The van der Waals surface area contributed by atoms with Crippen molar-refractivity contribution in [1.29, 1.82) is 0 Å². The second-order valence-corrected chi connectivity index (χ2v) is 1.61. The maximum absolute atomic E-state index is 9.62. The Labute approximate surface area is 74.4 Å². The van der Waals surface area contributed by atoms with Crippen LogP contribution in [0, 0.1) is 0 Å². The van der Waals surface area contributed by atoms with Crippen molar-refractivity contribution < 1.29 is 19.1 Å². The first-order valence-electron chi connectivity index (χ1n) is 3.18. The lowest BCUT2D eigenvalue weighted by Crippen LogP contribution is -2.38. The highest BCUT2D eigenvalue weighted by Crippen LogP contribution is 1.66. The molecule has 0 fully saturated rings. The van der Waals surface area contributed by atoms with Gasteiger partial charge in [-0.15, -0.1) is 0 Å². The van der Waals surface area contributed by atoms with Gasteiger partial charge in [0.1, 0.15) is 0 Å². The molecule has 0 aromatic carbocycles. The van der Waals surface area contributed by atoms with Crippen molar-refractivity contribution in [2.45, 2.75) is 6.92 Å². The third kappa shape index (κ3) is 25.6. The molecule has 0 aromatic heterocycles. The number of rotatable bonds is 1. The van der Waals surface area contributed by atoms with Crippen LogP contribution in [0.2, 0.25) is 0 Å². The number of hydrogen-bond acceptors (Lipinski definition) is 4. The molecule has 0 aliphatic rings. The third-order valence-corrected chi connectivity index (χ3v) is 0.533. The number of carbonyl (C=O) groups is 3. The molecule has 0 rings (SSSR count). The Kier molecular flexibility index (Phi) is 8.48. The summed E-state index contributed by atoms with van der Waals surface area (Å²) in [5, 5.41) is 1.58. The van der Waals surface area contributed by atoms with E-state index in [1.807, 2.05) is 0 Å². The van der Waals surface area contributed by atoms with Crippen LogP contribution in [0.25, 0.3) is 0 Å². The van der Waals surface area contributed by atoms with Gasteiger partial charge in [-0.2, -0.15) is 0 Å². The second kappa shape index (κ2) is 8.11. The number of primary amides is 3. The molecule has 8 nitrogen and oxygen atoms in total. The molecule has 5 amide bonds. The highest BCUT2D eigenvalue weighted by atomic mass is 16.5. The van der Waals surface area contributed by atoms with Gasteiger partial charge in [-0.05, 0) is 6.92 Å². The molecule has 0 heterocycles. The van der Waals surface area contributed by atoms with Gasteiger partial charge in [0.25, 0.3) is 0 Å². The summed E-state index contributed by atoms with van der Waals surface area (Å²) in [6.45, 7) is 2.06. The minimum atomic E-state index is -0.938. The summed E-state index contributed by atoms with van der Waals surface area (Å²) in [4.78, 5) is 28.8. The number of urea groups is 2. The van der Waals surface area contributed by atoms with Gasteiger partial charge in [-0.3, -0.25) is 5.32 Å². The van der Waals surface area contributed by atoms with Crippen molar-refractivity contribution in [3.05, 3.63) is 0 Å². The molecule has 0 saturated carbocycles. The molecule has 0 aromatic rings. The van der Waals surface area contributed by atoms with Crippen LogP contribution in [-0.2, 0) is 4.74 Å². The fourth-order valence-electron chi connectivity index (χ4n) is 0.264. The molecule has 0 radical (unpaired) electrons. The Morgan fingerprint density at radius 1 is 1.15 bits per heavy atom. The Morgan fingerprint density at radius 2 is 1.54 bits per heavy atom. The number of imide groups is 1. The summed E-state index contributed by atoms with van der Waals surface area (Å²) >= 11 is 0. The van der Waals surface area contributed by atoms with Crippen LogP contribution in [0.4, 0.5) is 14.4 Å². The van der Waals surface area contributed by atoms with Crippen LogP contribution in [0.3, 0.4) is 0 Å². The van der Waals surface area contributed by atoms with Gasteiger partial charge in [-0.25, -0.2) is 14.4 Å². The molecule has 0 unspecified atom stereocenters. The van der Waals surface area contributed by atoms with Crippen molar-refractivity contribution in [1.82, 2.24) is 5.32 Å². The highest BCUT2D eigenvalue weighted by Gasteiger charge is 1.92. The maximum Gasteiger partial charge on any atom is 0.404 e. The molecule has 7 N–H and O–H groups in total. The summed E-state index contributed by atoms with van der Waals surface area (Å²) in [7, 11) is 0. The predicted octanol–water partition coefficient (Wildman–Crippen LogP) is -1.16. The summed E-state index contributed by atoms with van der Waals surface area (Å²) in [6, 6.07) is -1.88. The standard InChI is InChI=1S/C3H7NO2.C2H5N3O2/c1-2-6-3(4)5;3-1(6)5-2(4)7/h2H2,1H3,(H2,4,5);(H5,3,4,5,6,7). The average molecular weight is 192 g/mol. The Morgan fingerprint density at radius 3 is 1.54 bits per heavy atom. The summed E-state index contributed by atoms with van der Waals surface area (Å²) in [6.07, 6.45) is -0.711. The van der Waals surface area contributed by atoms with Crippen molar-refractivity contribution in [2.24, 2.45) is 17.2 Å². The number of amides is 5. The zero-order valence-corrected chi connectivity index (χ0v) is 7.07. The zero-order valence-electron chi connectivity index (χ0n) is 7.07. The molecule has 0 bridgehead atoms. The molecular formula is C5H12N4O4. The molecular weight excluding hydrogens is 180 g/mol. The molecule has 0 atom stereocenters. The molecule has 8 heteroatoms. The quantitative estimate of drug-likeness (QED) is 0.414. The maximum atomic E-state index is 9.62. The van der Waals surface area contributed by atoms with Gasteiger partial charge in [0.15, 0.2) is 0 Å². The Hall–Kier alpha value is -1.99. The van der Waals surface area contributed by atoms with E-state index in [2.05, 4.69) is 21.9 Å². The lowest BCUT2D eigenvalue weighted by Gasteiger charge is -1.89. The third-order valence-electron chi connectivity index (χ3n) is 0.533. The van der Waals surface area contributed by atoms with Gasteiger partial charge in [-0.1, -0.05) is 0 Å². The minimum Gasteiger partial charge on any atom is -0.450 e. The number of nitrogens with one attached hydrogen (secondary N) is 1. The number of hydrogen-bond donors (Lipinski definition) is 4. The molecule has 0 aliphatic heterocycles.